The molecule has 6 aromatic carbocycles. The summed E-state index contributed by atoms with van der Waals surface area (Å²) in [7, 11) is 0. The van der Waals surface area contributed by atoms with Crippen LogP contribution in [-0.2, 0) is 0 Å². The largest absolute Gasteiger partial charge is 0.455 e. The van der Waals surface area contributed by atoms with E-state index in [-0.39, 0.29) is 0 Å². The minimum absolute atomic E-state index is 0.725. The third-order valence-electron chi connectivity index (χ3n) is 7.67. The summed E-state index contributed by atoms with van der Waals surface area (Å²) in [6, 6.07) is 46.8. The Balaban J connectivity index is 1.33. The molecule has 2 aromatic heterocycles. The molecule has 39 heavy (non-hydrogen) atoms. The van der Waals surface area contributed by atoms with Crippen molar-refractivity contribution in [2.75, 3.05) is 0 Å². The molecule has 0 saturated carbocycles. The van der Waals surface area contributed by atoms with Gasteiger partial charge in [0.1, 0.15) is 11.2 Å². The molecule has 0 N–H and O–H groups in total. The fourth-order valence-corrected chi connectivity index (χ4v) is 5.97. The van der Waals surface area contributed by atoms with Crippen LogP contribution in [0.4, 0.5) is 0 Å². The van der Waals surface area contributed by atoms with E-state index in [1.165, 1.54) is 27.4 Å². The maximum atomic E-state index is 6.41. The van der Waals surface area contributed by atoms with Gasteiger partial charge in [-0.2, -0.15) is 0 Å². The first-order chi connectivity index (χ1) is 19.2. The lowest BCUT2D eigenvalue weighted by Crippen LogP contribution is -1.93. The monoisotopic (exact) mass is 519 g/mol. The van der Waals surface area contributed by atoms with Crippen LogP contribution in [0.5, 0.6) is 0 Å². The second-order valence-electron chi connectivity index (χ2n) is 9.92. The lowest BCUT2D eigenvalue weighted by atomic mass is 9.99. The molecule has 0 amide bonds. The van der Waals surface area contributed by atoms with Gasteiger partial charge >= 0.3 is 0 Å². The van der Waals surface area contributed by atoms with Crippen LogP contribution in [-0.4, -0.2) is 4.57 Å². The molecule has 0 spiro atoms. The maximum Gasteiger partial charge on any atom is 0.143 e. The van der Waals surface area contributed by atoms with Crippen LogP contribution in [0.15, 0.2) is 138 Å². The number of fused-ring (bicyclic) bond motifs is 6. The topological polar surface area (TPSA) is 18.1 Å². The van der Waals surface area contributed by atoms with Crippen LogP contribution in [0.2, 0.25) is 5.02 Å². The van der Waals surface area contributed by atoms with Crippen LogP contribution in [0, 0.1) is 0 Å². The molecule has 8 aromatic rings. The molecule has 2 nitrogen and oxygen atoms in total. The Morgan fingerprint density at radius 2 is 1.18 bits per heavy atom. The van der Waals surface area contributed by atoms with E-state index in [4.69, 9.17) is 16.0 Å². The Kier molecular flexibility index (Phi) is 4.91. The smallest absolute Gasteiger partial charge is 0.143 e. The molecule has 0 unspecified atom stereocenters. The highest BCUT2D eigenvalue weighted by Crippen LogP contribution is 2.39. The lowest BCUT2D eigenvalue weighted by Gasteiger charge is -2.09. The van der Waals surface area contributed by atoms with Crippen LogP contribution < -0.4 is 0 Å². The van der Waals surface area contributed by atoms with Crippen molar-refractivity contribution < 1.29 is 4.42 Å². The van der Waals surface area contributed by atoms with Crippen LogP contribution >= 0.6 is 11.6 Å². The van der Waals surface area contributed by atoms with E-state index in [0.717, 1.165) is 49.3 Å². The van der Waals surface area contributed by atoms with Crippen LogP contribution in [0.1, 0.15) is 0 Å². The number of benzene rings is 6. The normalized spacial score (nSPS) is 11.7. The molecule has 2 heterocycles. The molecular weight excluding hydrogens is 498 g/mol. The second-order valence-corrected chi connectivity index (χ2v) is 10.4. The van der Waals surface area contributed by atoms with Gasteiger partial charge in [0.15, 0.2) is 0 Å². The molecule has 0 radical (unpaired) electrons. The van der Waals surface area contributed by atoms with Crippen LogP contribution in [0.25, 0.3) is 71.7 Å². The number of furan rings is 1. The second kappa shape index (κ2) is 8.62. The van der Waals surface area contributed by atoms with Crippen molar-refractivity contribution in [3.05, 3.63) is 138 Å². The van der Waals surface area contributed by atoms with E-state index in [2.05, 4.69) is 114 Å². The van der Waals surface area contributed by atoms with Gasteiger partial charge in [-0.15, -0.1) is 0 Å². The predicted octanol–water partition coefficient (Wildman–Crippen LogP) is 10.7. The van der Waals surface area contributed by atoms with E-state index in [9.17, 15) is 0 Å². The minimum atomic E-state index is 0.725. The number of rotatable bonds is 3. The van der Waals surface area contributed by atoms with Gasteiger partial charge in [0.2, 0.25) is 0 Å². The fourth-order valence-electron chi connectivity index (χ4n) is 5.84. The molecule has 184 valence electrons. The summed E-state index contributed by atoms with van der Waals surface area (Å²) in [5, 5.41) is 5.46. The number of nitrogens with zero attached hydrogens (tertiary/aromatic N) is 1. The number of aromatic nitrogens is 1. The molecular formula is C36H22ClNO. The number of halogens is 1. The zero-order valence-electron chi connectivity index (χ0n) is 20.9. The van der Waals surface area contributed by atoms with Crippen molar-refractivity contribution in [2.24, 2.45) is 0 Å². The molecule has 0 aliphatic carbocycles. The zero-order chi connectivity index (χ0) is 25.9. The van der Waals surface area contributed by atoms with Gasteiger partial charge in [-0.25, -0.2) is 0 Å². The highest BCUT2D eigenvalue weighted by atomic mass is 35.5. The van der Waals surface area contributed by atoms with Gasteiger partial charge < -0.3 is 8.98 Å². The van der Waals surface area contributed by atoms with Crippen LogP contribution in [0.3, 0.4) is 0 Å². The van der Waals surface area contributed by atoms with Gasteiger partial charge in [-0.05, 0) is 65.2 Å². The Morgan fingerprint density at radius 1 is 0.487 bits per heavy atom. The maximum absolute atomic E-state index is 6.41. The van der Waals surface area contributed by atoms with E-state index in [1.807, 2.05) is 24.3 Å². The summed E-state index contributed by atoms with van der Waals surface area (Å²) in [4.78, 5) is 0. The first-order valence-electron chi connectivity index (χ1n) is 13.0. The van der Waals surface area contributed by atoms with E-state index in [1.54, 1.807) is 0 Å². The molecule has 0 aliphatic rings. The average Bonchev–Trinajstić information content (AvgIpc) is 3.53. The third kappa shape index (κ3) is 3.49. The Morgan fingerprint density at radius 3 is 2.05 bits per heavy atom. The molecule has 0 aliphatic heterocycles. The van der Waals surface area contributed by atoms with E-state index >= 15 is 0 Å². The molecule has 0 fully saturated rings. The lowest BCUT2D eigenvalue weighted by molar-refractivity contribution is 0.670. The summed E-state index contributed by atoms with van der Waals surface area (Å²) in [6.07, 6.45) is 0. The molecule has 3 heteroatoms. The molecule has 0 atom stereocenters. The third-order valence-corrected chi connectivity index (χ3v) is 7.93. The summed E-state index contributed by atoms with van der Waals surface area (Å²) < 4.78 is 8.77. The highest BCUT2D eigenvalue weighted by molar-refractivity contribution is 6.30. The first-order valence-corrected chi connectivity index (χ1v) is 13.4. The van der Waals surface area contributed by atoms with E-state index in [0.29, 0.717) is 0 Å². The predicted molar refractivity (Wildman–Crippen MR) is 164 cm³/mol. The minimum Gasteiger partial charge on any atom is -0.455 e. The van der Waals surface area contributed by atoms with Gasteiger partial charge in [0.25, 0.3) is 0 Å². The number of hydrogen-bond donors (Lipinski definition) is 0. The van der Waals surface area contributed by atoms with E-state index < -0.39 is 0 Å². The van der Waals surface area contributed by atoms with Crippen molar-refractivity contribution in [1.29, 1.82) is 0 Å². The molecule has 0 bridgehead atoms. The van der Waals surface area contributed by atoms with Gasteiger partial charge in [0.05, 0.1) is 11.0 Å². The van der Waals surface area contributed by atoms with Gasteiger partial charge in [0, 0.05) is 37.8 Å². The SMILES string of the molecule is Clc1ccc(-c2cccc3c2oc2ccc(-c4ccc5c6ccccc6n(-c6ccccc6)c5c4)cc23)cc1. The summed E-state index contributed by atoms with van der Waals surface area (Å²) in [5.74, 6) is 0. The van der Waals surface area contributed by atoms with Gasteiger partial charge in [-0.3, -0.25) is 0 Å². The Labute approximate surface area is 230 Å². The van der Waals surface area contributed by atoms with Crippen molar-refractivity contribution >= 4 is 55.3 Å². The van der Waals surface area contributed by atoms with Gasteiger partial charge in [-0.1, -0.05) is 96.5 Å². The highest BCUT2D eigenvalue weighted by Gasteiger charge is 2.15. The number of hydrogen-bond acceptors (Lipinski definition) is 1. The van der Waals surface area contributed by atoms with Crippen molar-refractivity contribution in [2.45, 2.75) is 0 Å². The number of para-hydroxylation sites is 3. The quantitative estimate of drug-likeness (QED) is 0.227. The molecule has 0 saturated heterocycles. The van der Waals surface area contributed by atoms with Crippen molar-refractivity contribution in [3.8, 4) is 27.9 Å². The average molecular weight is 520 g/mol. The summed E-state index contributed by atoms with van der Waals surface area (Å²) in [5.41, 5.74) is 9.83. The Hall–Kier alpha value is -4.79. The van der Waals surface area contributed by atoms with Crippen molar-refractivity contribution in [1.82, 2.24) is 4.57 Å². The molecule has 8 rings (SSSR count). The van der Waals surface area contributed by atoms with Crippen molar-refractivity contribution in [3.63, 3.8) is 0 Å². The summed E-state index contributed by atoms with van der Waals surface area (Å²) >= 11 is 6.14. The fraction of sp³-hybridized carbons (Fsp3) is 0. The standard InChI is InChI=1S/C36H22ClNO/c37-26-17-13-23(14-18-26)28-10-6-11-31-32-21-24(16-20-35(32)39-36(28)31)25-15-19-30-29-9-4-5-12-33(29)38(34(30)22-25)27-7-2-1-3-8-27/h1-22H. The zero-order valence-corrected chi connectivity index (χ0v) is 21.7. The summed E-state index contributed by atoms with van der Waals surface area (Å²) in [6.45, 7) is 0. The Bertz CT molecular complexity index is 2170. The first kappa shape index (κ1) is 22.2.